The van der Waals surface area contributed by atoms with E-state index in [1.54, 1.807) is 0 Å². The summed E-state index contributed by atoms with van der Waals surface area (Å²) in [4.78, 5) is 14.5. The van der Waals surface area contributed by atoms with Crippen LogP contribution in [-0.4, -0.2) is 53.1 Å². The summed E-state index contributed by atoms with van der Waals surface area (Å²) in [5.74, 6) is 1.19. The highest BCUT2D eigenvalue weighted by molar-refractivity contribution is 5.90. The molecule has 0 N–H and O–H groups in total. The minimum atomic E-state index is -0.0487. The second-order valence-corrected chi connectivity index (χ2v) is 4.73. The molecule has 1 saturated heterocycles. The summed E-state index contributed by atoms with van der Waals surface area (Å²) < 4.78 is 0.547. The standard InChI is InChI=1S/C12H21N4O/c1-4-11-12(17)15(5-2)7-6-8-16(11)9-13-14-10(16)3/h9,11H,4-8H2,1-3H3/q+1. The number of amides is 1. The SMILES string of the molecule is CCC1C(=O)N(CC)CCC[N+]12C=NN=C2C. The number of hydrogen-bond donors (Lipinski definition) is 0. The number of likely N-dealkylation sites (N-methyl/N-ethyl adjacent to an activating group) is 1. The van der Waals surface area contributed by atoms with Crippen molar-refractivity contribution in [2.45, 2.75) is 39.7 Å². The molecular formula is C12H21N4O+. The van der Waals surface area contributed by atoms with Crippen molar-refractivity contribution in [3.8, 4) is 0 Å². The van der Waals surface area contributed by atoms with Gasteiger partial charge in [0, 0.05) is 32.9 Å². The van der Waals surface area contributed by atoms with Crippen LogP contribution in [-0.2, 0) is 4.79 Å². The number of amidine groups is 1. The van der Waals surface area contributed by atoms with Crippen LogP contribution in [0.1, 0.15) is 33.6 Å². The second-order valence-electron chi connectivity index (χ2n) is 4.73. The minimum Gasteiger partial charge on any atom is -0.338 e. The third-order valence-electron chi connectivity index (χ3n) is 3.94. The average Bonchev–Trinajstić information content (AvgIpc) is 2.60. The molecule has 2 unspecified atom stereocenters. The van der Waals surface area contributed by atoms with E-state index in [0.29, 0.717) is 4.48 Å². The van der Waals surface area contributed by atoms with E-state index in [9.17, 15) is 4.79 Å². The number of quaternary nitrogens is 1. The molecule has 5 heteroatoms. The van der Waals surface area contributed by atoms with Crippen LogP contribution in [0.25, 0.3) is 0 Å². The van der Waals surface area contributed by atoms with Gasteiger partial charge in [-0.3, -0.25) is 4.79 Å². The van der Waals surface area contributed by atoms with Gasteiger partial charge >= 0.3 is 0 Å². The first-order valence-corrected chi connectivity index (χ1v) is 6.41. The van der Waals surface area contributed by atoms with Gasteiger partial charge in [0.2, 0.25) is 12.2 Å². The van der Waals surface area contributed by atoms with Gasteiger partial charge in [-0.25, -0.2) is 4.48 Å². The molecule has 0 aromatic carbocycles. The Hall–Kier alpha value is -1.23. The molecule has 94 valence electrons. The summed E-state index contributed by atoms with van der Waals surface area (Å²) in [5, 5.41) is 8.16. The Kier molecular flexibility index (Phi) is 3.28. The zero-order valence-corrected chi connectivity index (χ0v) is 10.9. The fourth-order valence-corrected chi connectivity index (χ4v) is 2.91. The van der Waals surface area contributed by atoms with Crippen molar-refractivity contribution in [1.29, 1.82) is 0 Å². The number of hydrogen-bond acceptors (Lipinski definition) is 3. The maximum absolute atomic E-state index is 12.5. The van der Waals surface area contributed by atoms with Crippen LogP contribution in [0.4, 0.5) is 0 Å². The van der Waals surface area contributed by atoms with Crippen molar-refractivity contribution in [3.63, 3.8) is 0 Å². The van der Waals surface area contributed by atoms with Crippen LogP contribution in [0, 0.1) is 0 Å². The third kappa shape index (κ3) is 1.78. The Labute approximate surface area is 102 Å². The molecule has 1 spiro atoms. The Morgan fingerprint density at radius 2 is 2.29 bits per heavy atom. The summed E-state index contributed by atoms with van der Waals surface area (Å²) in [6.45, 7) is 8.67. The molecule has 0 bridgehead atoms. The molecule has 0 aliphatic carbocycles. The lowest BCUT2D eigenvalue weighted by atomic mass is 10.1. The van der Waals surface area contributed by atoms with Crippen LogP contribution >= 0.6 is 0 Å². The maximum atomic E-state index is 12.5. The van der Waals surface area contributed by atoms with Gasteiger partial charge in [-0.15, -0.1) is 0 Å². The van der Waals surface area contributed by atoms with Crippen LogP contribution in [0.2, 0.25) is 0 Å². The van der Waals surface area contributed by atoms with E-state index >= 15 is 0 Å². The van der Waals surface area contributed by atoms with Crippen LogP contribution in [0.5, 0.6) is 0 Å². The molecule has 2 rings (SSSR count). The molecule has 1 fully saturated rings. The fourth-order valence-electron chi connectivity index (χ4n) is 2.91. The van der Waals surface area contributed by atoms with E-state index in [1.807, 2.05) is 25.1 Å². The molecular weight excluding hydrogens is 216 g/mol. The third-order valence-corrected chi connectivity index (χ3v) is 3.94. The molecule has 0 aromatic heterocycles. The molecule has 2 aliphatic heterocycles. The highest BCUT2D eigenvalue weighted by Crippen LogP contribution is 2.25. The van der Waals surface area contributed by atoms with Crippen molar-refractivity contribution < 1.29 is 9.28 Å². The van der Waals surface area contributed by atoms with Gasteiger partial charge in [-0.1, -0.05) is 17.1 Å². The zero-order valence-electron chi connectivity index (χ0n) is 10.9. The average molecular weight is 237 g/mol. The Bertz CT molecular complexity index is 377. The van der Waals surface area contributed by atoms with Crippen molar-refractivity contribution in [2.24, 2.45) is 10.2 Å². The number of rotatable bonds is 2. The van der Waals surface area contributed by atoms with Gasteiger partial charge in [0.1, 0.15) is 0 Å². The summed E-state index contributed by atoms with van der Waals surface area (Å²) in [6.07, 6.45) is 3.68. The smallest absolute Gasteiger partial charge is 0.281 e. The first-order chi connectivity index (χ1) is 8.15. The van der Waals surface area contributed by atoms with E-state index < -0.39 is 0 Å². The lowest BCUT2D eigenvalue weighted by Crippen LogP contribution is -2.60. The molecule has 17 heavy (non-hydrogen) atoms. The van der Waals surface area contributed by atoms with Gasteiger partial charge in [-0.05, 0) is 6.92 Å². The minimum absolute atomic E-state index is 0.0487. The van der Waals surface area contributed by atoms with E-state index in [4.69, 9.17) is 0 Å². The van der Waals surface area contributed by atoms with Gasteiger partial charge in [0.15, 0.2) is 6.04 Å². The van der Waals surface area contributed by atoms with Crippen LogP contribution in [0.3, 0.4) is 0 Å². The lowest BCUT2D eigenvalue weighted by Gasteiger charge is -2.34. The zero-order chi connectivity index (χ0) is 12.5. The highest BCUT2D eigenvalue weighted by atomic mass is 16.2. The summed E-state index contributed by atoms with van der Waals surface area (Å²) >= 11 is 0. The van der Waals surface area contributed by atoms with Crippen molar-refractivity contribution >= 4 is 18.1 Å². The Morgan fingerprint density at radius 3 is 2.82 bits per heavy atom. The topological polar surface area (TPSA) is 45.0 Å². The maximum Gasteiger partial charge on any atom is 0.281 e. The summed E-state index contributed by atoms with van der Waals surface area (Å²) in [5.41, 5.74) is 0. The molecule has 0 aromatic rings. The predicted octanol–water partition coefficient (Wildman–Crippen LogP) is 1.21. The normalized spacial score (nSPS) is 33.1. The summed E-state index contributed by atoms with van der Waals surface area (Å²) in [6, 6.07) is -0.0487. The van der Waals surface area contributed by atoms with Crippen LogP contribution in [0.15, 0.2) is 10.2 Å². The summed E-state index contributed by atoms with van der Waals surface area (Å²) in [7, 11) is 0. The first kappa shape index (κ1) is 12.2. The monoisotopic (exact) mass is 237 g/mol. The van der Waals surface area contributed by atoms with E-state index in [0.717, 1.165) is 38.3 Å². The number of carbonyl (C=O) groups excluding carboxylic acids is 1. The van der Waals surface area contributed by atoms with E-state index in [1.165, 1.54) is 0 Å². The van der Waals surface area contributed by atoms with E-state index in [-0.39, 0.29) is 11.9 Å². The molecule has 0 saturated carbocycles. The molecule has 1 amide bonds. The van der Waals surface area contributed by atoms with Gasteiger partial charge in [0.25, 0.3) is 5.91 Å². The first-order valence-electron chi connectivity index (χ1n) is 6.41. The van der Waals surface area contributed by atoms with Gasteiger partial charge < -0.3 is 4.90 Å². The Balaban J connectivity index is 2.37. The largest absolute Gasteiger partial charge is 0.338 e. The highest BCUT2D eigenvalue weighted by Gasteiger charge is 2.48. The van der Waals surface area contributed by atoms with Crippen molar-refractivity contribution in [2.75, 3.05) is 19.6 Å². The van der Waals surface area contributed by atoms with Crippen LogP contribution < -0.4 is 0 Å². The van der Waals surface area contributed by atoms with Gasteiger partial charge in [0.05, 0.1) is 6.54 Å². The fraction of sp³-hybridized carbons (Fsp3) is 0.750. The van der Waals surface area contributed by atoms with E-state index in [2.05, 4.69) is 17.1 Å². The predicted molar refractivity (Wildman–Crippen MR) is 67.7 cm³/mol. The number of carbonyl (C=O) groups is 1. The van der Waals surface area contributed by atoms with Crippen molar-refractivity contribution in [1.82, 2.24) is 4.90 Å². The quantitative estimate of drug-likeness (QED) is 0.666. The van der Waals surface area contributed by atoms with Gasteiger partial charge in [-0.2, -0.15) is 0 Å². The molecule has 0 radical (unpaired) electrons. The molecule has 2 aliphatic rings. The number of nitrogens with zero attached hydrogens (tertiary/aromatic N) is 4. The second kappa shape index (κ2) is 4.56. The molecule has 2 atom stereocenters. The lowest BCUT2D eigenvalue weighted by molar-refractivity contribution is -0.757. The Morgan fingerprint density at radius 1 is 1.53 bits per heavy atom. The van der Waals surface area contributed by atoms with Crippen molar-refractivity contribution in [3.05, 3.63) is 0 Å². The molecule has 2 heterocycles. The molecule has 5 nitrogen and oxygen atoms in total.